The lowest BCUT2D eigenvalue weighted by Crippen LogP contribution is -2.23. The van der Waals surface area contributed by atoms with Crippen molar-refractivity contribution < 1.29 is 9.84 Å². The van der Waals surface area contributed by atoms with Crippen LogP contribution in [0.25, 0.3) is 0 Å². The largest absolute Gasteiger partial charge is 0.508 e. The highest BCUT2D eigenvalue weighted by atomic mass is 35.5. The van der Waals surface area contributed by atoms with Crippen LogP contribution in [0, 0.1) is 0 Å². The number of nitrogens with zero attached hydrogens (tertiary/aromatic N) is 2. The predicted octanol–water partition coefficient (Wildman–Crippen LogP) is 4.42. The maximum Gasteiger partial charge on any atom is 0.214 e. The van der Waals surface area contributed by atoms with Gasteiger partial charge in [-0.2, -0.15) is 0 Å². The molecule has 23 heavy (non-hydrogen) atoms. The molecule has 4 nitrogen and oxygen atoms in total. The van der Waals surface area contributed by atoms with Gasteiger partial charge in [0.05, 0.1) is 22.1 Å². The fourth-order valence-corrected chi connectivity index (χ4v) is 3.63. The first-order valence-electron chi connectivity index (χ1n) is 6.98. The summed E-state index contributed by atoms with van der Waals surface area (Å²) in [5.41, 5.74) is 1.55. The highest BCUT2D eigenvalue weighted by Gasteiger charge is 2.32. The quantitative estimate of drug-likeness (QED) is 0.812. The van der Waals surface area contributed by atoms with Gasteiger partial charge in [0.15, 0.2) is 0 Å². The van der Waals surface area contributed by atoms with Gasteiger partial charge in [-0.15, -0.1) is 0 Å². The SMILES string of the molecule is COc1cc(N2C[C@@H](c3c(O)ccc(Cl)c3Cl)CC2=S)ccn1. The molecule has 0 aliphatic carbocycles. The molecule has 3 rings (SSSR count). The number of thiocarbonyl (C=S) groups is 1. The lowest BCUT2D eigenvalue weighted by atomic mass is 9.97. The molecule has 0 bridgehead atoms. The number of ether oxygens (including phenoxy) is 1. The van der Waals surface area contributed by atoms with E-state index in [1.165, 1.54) is 0 Å². The number of aromatic nitrogens is 1. The Morgan fingerprint density at radius 2 is 2.13 bits per heavy atom. The van der Waals surface area contributed by atoms with Crippen LogP contribution in [-0.2, 0) is 0 Å². The molecule has 0 amide bonds. The van der Waals surface area contributed by atoms with Crippen molar-refractivity contribution in [3.05, 3.63) is 46.1 Å². The van der Waals surface area contributed by atoms with Gasteiger partial charge in [0.25, 0.3) is 0 Å². The minimum atomic E-state index is -0.0205. The zero-order valence-corrected chi connectivity index (χ0v) is 14.6. The zero-order chi connectivity index (χ0) is 16.6. The summed E-state index contributed by atoms with van der Waals surface area (Å²) in [6.07, 6.45) is 2.29. The average Bonchev–Trinajstić information content (AvgIpc) is 2.93. The number of pyridine rings is 1. The Labute approximate surface area is 149 Å². The van der Waals surface area contributed by atoms with Crippen molar-refractivity contribution in [1.29, 1.82) is 0 Å². The summed E-state index contributed by atoms with van der Waals surface area (Å²) < 4.78 is 5.16. The molecule has 0 radical (unpaired) electrons. The standard InChI is InChI=1S/C16H14Cl2N2O2S/c1-22-13-7-10(4-5-19-13)20-8-9(6-14(20)23)15-12(21)3-2-11(17)16(15)18/h2-5,7,9,21H,6,8H2,1H3/t9-/m0/s1. The zero-order valence-electron chi connectivity index (χ0n) is 12.3. The monoisotopic (exact) mass is 368 g/mol. The van der Waals surface area contributed by atoms with Gasteiger partial charge in [0.1, 0.15) is 5.75 Å². The summed E-state index contributed by atoms with van der Waals surface area (Å²) in [5.74, 6) is 0.645. The Morgan fingerprint density at radius 3 is 2.87 bits per heavy atom. The second-order valence-electron chi connectivity index (χ2n) is 5.26. The molecule has 7 heteroatoms. The number of anilines is 1. The first-order valence-corrected chi connectivity index (χ1v) is 8.15. The van der Waals surface area contributed by atoms with Crippen LogP contribution in [0.1, 0.15) is 17.9 Å². The van der Waals surface area contributed by atoms with E-state index in [9.17, 15) is 5.11 Å². The van der Waals surface area contributed by atoms with E-state index in [0.29, 0.717) is 34.5 Å². The third-order valence-corrected chi connectivity index (χ3v) is 5.09. The Bertz CT molecular complexity index is 770. The predicted molar refractivity (Wildman–Crippen MR) is 96.2 cm³/mol. The van der Waals surface area contributed by atoms with Crippen molar-refractivity contribution >= 4 is 46.1 Å². The van der Waals surface area contributed by atoms with Gasteiger partial charge in [0, 0.05) is 42.4 Å². The molecule has 120 valence electrons. The van der Waals surface area contributed by atoms with E-state index in [-0.39, 0.29) is 11.7 Å². The Balaban J connectivity index is 1.92. The van der Waals surface area contributed by atoms with Crippen molar-refractivity contribution in [2.24, 2.45) is 0 Å². The van der Waals surface area contributed by atoms with Crippen LogP contribution in [0.15, 0.2) is 30.5 Å². The lowest BCUT2D eigenvalue weighted by Gasteiger charge is -2.19. The van der Waals surface area contributed by atoms with Gasteiger partial charge in [-0.25, -0.2) is 4.98 Å². The molecule has 0 spiro atoms. The van der Waals surface area contributed by atoms with Crippen molar-refractivity contribution in [1.82, 2.24) is 4.98 Å². The number of halogens is 2. The molecule has 1 aliphatic rings. The maximum absolute atomic E-state index is 10.2. The number of phenols is 1. The fraction of sp³-hybridized carbons (Fsp3) is 0.250. The number of hydrogen-bond donors (Lipinski definition) is 1. The van der Waals surface area contributed by atoms with E-state index in [0.717, 1.165) is 10.7 Å². The minimum Gasteiger partial charge on any atom is -0.508 e. The molecule has 1 aromatic heterocycles. The van der Waals surface area contributed by atoms with E-state index < -0.39 is 0 Å². The minimum absolute atomic E-state index is 0.0205. The summed E-state index contributed by atoms with van der Waals surface area (Å²) in [5, 5.41) is 11.0. The molecule has 1 atom stereocenters. The van der Waals surface area contributed by atoms with Crippen LogP contribution in [0.3, 0.4) is 0 Å². The van der Waals surface area contributed by atoms with E-state index in [1.807, 2.05) is 17.0 Å². The number of methoxy groups -OCH3 is 1. The molecule has 2 aromatic rings. The molecule has 1 saturated heterocycles. The average molecular weight is 369 g/mol. The topological polar surface area (TPSA) is 45.6 Å². The smallest absolute Gasteiger partial charge is 0.214 e. The molecular weight excluding hydrogens is 355 g/mol. The third-order valence-electron chi connectivity index (χ3n) is 3.88. The van der Waals surface area contributed by atoms with Crippen LogP contribution in [-0.4, -0.2) is 28.7 Å². The first-order chi connectivity index (χ1) is 11.0. The number of benzene rings is 1. The summed E-state index contributed by atoms with van der Waals surface area (Å²) >= 11 is 17.9. The van der Waals surface area contributed by atoms with Gasteiger partial charge < -0.3 is 14.7 Å². The highest BCUT2D eigenvalue weighted by Crippen LogP contribution is 2.42. The van der Waals surface area contributed by atoms with Crippen LogP contribution >= 0.6 is 35.4 Å². The Morgan fingerprint density at radius 1 is 1.35 bits per heavy atom. The van der Waals surface area contributed by atoms with Crippen molar-refractivity contribution in [3.63, 3.8) is 0 Å². The normalized spacial score (nSPS) is 17.6. The molecule has 2 heterocycles. The molecule has 1 fully saturated rings. The van der Waals surface area contributed by atoms with E-state index in [4.69, 9.17) is 40.2 Å². The summed E-state index contributed by atoms with van der Waals surface area (Å²) in [6.45, 7) is 0.611. The van der Waals surface area contributed by atoms with Crippen molar-refractivity contribution in [2.75, 3.05) is 18.6 Å². The first kappa shape index (κ1) is 16.3. The number of hydrogen-bond acceptors (Lipinski definition) is 4. The van der Waals surface area contributed by atoms with Crippen LogP contribution in [0.4, 0.5) is 5.69 Å². The summed E-state index contributed by atoms with van der Waals surface area (Å²) in [6, 6.07) is 6.84. The second kappa shape index (κ2) is 6.51. The number of phenolic OH excluding ortho intramolecular Hbond substituents is 1. The van der Waals surface area contributed by atoms with E-state index in [1.54, 1.807) is 25.4 Å². The third kappa shape index (κ3) is 3.09. The van der Waals surface area contributed by atoms with Gasteiger partial charge in [0.2, 0.25) is 5.88 Å². The van der Waals surface area contributed by atoms with Crippen molar-refractivity contribution in [2.45, 2.75) is 12.3 Å². The van der Waals surface area contributed by atoms with Gasteiger partial charge in [-0.1, -0.05) is 35.4 Å². The summed E-state index contributed by atoms with van der Waals surface area (Å²) in [7, 11) is 1.57. The number of aromatic hydroxyl groups is 1. The van der Waals surface area contributed by atoms with Crippen LogP contribution < -0.4 is 9.64 Å². The molecular formula is C16H14Cl2N2O2S. The molecule has 0 saturated carbocycles. The Hall–Kier alpha value is -1.56. The van der Waals surface area contributed by atoms with Crippen LogP contribution in [0.2, 0.25) is 10.0 Å². The van der Waals surface area contributed by atoms with E-state index in [2.05, 4.69) is 4.98 Å². The molecule has 1 N–H and O–H groups in total. The molecule has 0 unspecified atom stereocenters. The van der Waals surface area contributed by atoms with Crippen LogP contribution in [0.5, 0.6) is 11.6 Å². The Kier molecular flexibility index (Phi) is 4.62. The summed E-state index contributed by atoms with van der Waals surface area (Å²) in [4.78, 5) is 6.88. The second-order valence-corrected chi connectivity index (χ2v) is 6.51. The number of rotatable bonds is 3. The van der Waals surface area contributed by atoms with Gasteiger partial charge in [-0.05, 0) is 18.2 Å². The highest BCUT2D eigenvalue weighted by molar-refractivity contribution is 7.80. The van der Waals surface area contributed by atoms with Gasteiger partial charge >= 0.3 is 0 Å². The van der Waals surface area contributed by atoms with E-state index >= 15 is 0 Å². The molecule has 1 aliphatic heterocycles. The van der Waals surface area contributed by atoms with Crippen molar-refractivity contribution in [3.8, 4) is 11.6 Å². The molecule has 1 aromatic carbocycles. The lowest BCUT2D eigenvalue weighted by molar-refractivity contribution is 0.398. The van der Waals surface area contributed by atoms with Gasteiger partial charge in [-0.3, -0.25) is 0 Å². The maximum atomic E-state index is 10.2. The fourth-order valence-electron chi connectivity index (χ4n) is 2.77.